The van der Waals surface area contributed by atoms with Crippen LogP contribution in [0.15, 0.2) is 40.9 Å². The minimum absolute atomic E-state index is 0.104. The number of alkyl halides is 1. The first-order valence-electron chi connectivity index (χ1n) is 8.67. The van der Waals surface area contributed by atoms with E-state index >= 15 is 4.39 Å². The van der Waals surface area contributed by atoms with Gasteiger partial charge in [0.1, 0.15) is 5.60 Å². The molecular weight excluding hydrogens is 353 g/mol. The lowest BCUT2D eigenvalue weighted by molar-refractivity contribution is -0.126. The fourth-order valence-corrected chi connectivity index (χ4v) is 2.74. The molecule has 1 aliphatic heterocycles. The molecule has 1 aromatic carbocycles. The second-order valence-corrected chi connectivity index (χ2v) is 7.51. The minimum Gasteiger partial charge on any atom is -0.444 e. The standard InChI is InChI=1S/C19H22FN3O4/c1-18(2,3)26-17(25)23-10-9-19(20,12-23)16(24)21-15-11-14(27-22-15)13-7-5-4-6-8-13/h4-8,11H,9-10,12H2,1-3H3,(H,21,22,24). The SMILES string of the molecule is CC(C)(C)OC(=O)N1CCC(F)(C(=O)Nc2cc(-c3ccccc3)on2)C1. The number of benzene rings is 1. The van der Waals surface area contributed by atoms with E-state index in [1.807, 2.05) is 30.3 Å². The molecule has 3 rings (SSSR count). The summed E-state index contributed by atoms with van der Waals surface area (Å²) in [5.74, 6) is -0.284. The molecule has 1 fully saturated rings. The molecule has 2 heterocycles. The zero-order valence-corrected chi connectivity index (χ0v) is 15.5. The molecule has 27 heavy (non-hydrogen) atoms. The third kappa shape index (κ3) is 4.45. The number of likely N-dealkylation sites (tertiary alicyclic amines) is 1. The molecule has 0 bridgehead atoms. The first-order valence-corrected chi connectivity index (χ1v) is 8.67. The van der Waals surface area contributed by atoms with Crippen LogP contribution in [0.3, 0.4) is 0 Å². The molecule has 2 amide bonds. The number of aromatic nitrogens is 1. The summed E-state index contributed by atoms with van der Waals surface area (Å²) in [7, 11) is 0. The predicted molar refractivity (Wildman–Crippen MR) is 96.8 cm³/mol. The van der Waals surface area contributed by atoms with Gasteiger partial charge in [-0.3, -0.25) is 4.79 Å². The van der Waals surface area contributed by atoms with Crippen molar-refractivity contribution < 1.29 is 23.2 Å². The average Bonchev–Trinajstić information content (AvgIpc) is 3.22. The van der Waals surface area contributed by atoms with Gasteiger partial charge in [-0.05, 0) is 20.8 Å². The van der Waals surface area contributed by atoms with Crippen LogP contribution >= 0.6 is 0 Å². The molecular formula is C19H22FN3O4. The van der Waals surface area contributed by atoms with Crippen molar-refractivity contribution in [3.05, 3.63) is 36.4 Å². The topological polar surface area (TPSA) is 84.7 Å². The van der Waals surface area contributed by atoms with Crippen LogP contribution in [-0.2, 0) is 9.53 Å². The van der Waals surface area contributed by atoms with Crippen molar-refractivity contribution in [2.24, 2.45) is 0 Å². The molecule has 0 aliphatic carbocycles. The van der Waals surface area contributed by atoms with Crippen LogP contribution in [0, 0.1) is 0 Å². The summed E-state index contributed by atoms with van der Waals surface area (Å²) in [6.45, 7) is 4.92. The number of rotatable bonds is 3. The maximum atomic E-state index is 15.0. The van der Waals surface area contributed by atoms with Gasteiger partial charge in [0.05, 0.1) is 6.54 Å². The number of hydrogen-bond donors (Lipinski definition) is 1. The van der Waals surface area contributed by atoms with E-state index in [4.69, 9.17) is 9.26 Å². The highest BCUT2D eigenvalue weighted by Gasteiger charge is 2.47. The Kier molecular flexibility index (Phi) is 4.91. The van der Waals surface area contributed by atoms with Crippen molar-refractivity contribution in [2.45, 2.75) is 38.5 Å². The van der Waals surface area contributed by atoms with Crippen molar-refractivity contribution >= 4 is 17.8 Å². The first kappa shape index (κ1) is 18.9. The largest absolute Gasteiger partial charge is 0.444 e. The Hall–Kier alpha value is -2.90. The summed E-state index contributed by atoms with van der Waals surface area (Å²) in [5, 5.41) is 6.18. The molecule has 2 aromatic rings. The maximum absolute atomic E-state index is 15.0. The third-order valence-electron chi connectivity index (χ3n) is 4.09. The summed E-state index contributed by atoms with van der Waals surface area (Å²) >= 11 is 0. The molecule has 0 spiro atoms. The fourth-order valence-electron chi connectivity index (χ4n) is 2.74. The van der Waals surface area contributed by atoms with Crippen LogP contribution in [0.5, 0.6) is 0 Å². The van der Waals surface area contributed by atoms with Crippen molar-refractivity contribution in [1.29, 1.82) is 0 Å². The van der Waals surface area contributed by atoms with Crippen LogP contribution in [-0.4, -0.2) is 46.4 Å². The quantitative estimate of drug-likeness (QED) is 0.886. The van der Waals surface area contributed by atoms with Gasteiger partial charge in [-0.1, -0.05) is 35.5 Å². The van der Waals surface area contributed by atoms with Gasteiger partial charge in [-0.2, -0.15) is 0 Å². The molecule has 0 radical (unpaired) electrons. The Morgan fingerprint density at radius 1 is 1.30 bits per heavy atom. The normalized spacial score (nSPS) is 19.8. The van der Waals surface area contributed by atoms with Gasteiger partial charge >= 0.3 is 6.09 Å². The van der Waals surface area contributed by atoms with Crippen LogP contribution in [0.25, 0.3) is 11.3 Å². The summed E-state index contributed by atoms with van der Waals surface area (Å²) in [4.78, 5) is 25.7. The molecule has 1 saturated heterocycles. The van der Waals surface area contributed by atoms with E-state index in [2.05, 4.69) is 10.5 Å². The van der Waals surface area contributed by atoms with E-state index in [0.29, 0.717) is 5.76 Å². The second-order valence-electron chi connectivity index (χ2n) is 7.51. The summed E-state index contributed by atoms with van der Waals surface area (Å²) in [6, 6.07) is 10.7. The Morgan fingerprint density at radius 2 is 2.00 bits per heavy atom. The third-order valence-corrected chi connectivity index (χ3v) is 4.09. The lowest BCUT2D eigenvalue weighted by Crippen LogP contribution is -2.43. The Balaban J connectivity index is 1.63. The Bertz CT molecular complexity index is 831. The molecule has 1 N–H and O–H groups in total. The highest BCUT2D eigenvalue weighted by atomic mass is 19.1. The maximum Gasteiger partial charge on any atom is 0.410 e. The monoisotopic (exact) mass is 375 g/mol. The van der Waals surface area contributed by atoms with Gasteiger partial charge in [0.25, 0.3) is 5.91 Å². The number of hydrogen-bond acceptors (Lipinski definition) is 5. The highest BCUT2D eigenvalue weighted by molar-refractivity contribution is 5.97. The van der Waals surface area contributed by atoms with Crippen molar-refractivity contribution in [2.75, 3.05) is 18.4 Å². The Labute approximate surface area is 156 Å². The molecule has 144 valence electrons. The molecule has 1 unspecified atom stereocenters. The van der Waals surface area contributed by atoms with E-state index in [1.165, 1.54) is 11.0 Å². The molecule has 1 aliphatic rings. The zero-order valence-electron chi connectivity index (χ0n) is 15.5. The predicted octanol–water partition coefficient (Wildman–Crippen LogP) is 3.63. The summed E-state index contributed by atoms with van der Waals surface area (Å²) in [6.07, 6.45) is -0.746. The molecule has 0 saturated carbocycles. The fraction of sp³-hybridized carbons (Fsp3) is 0.421. The number of carbonyl (C=O) groups is 2. The number of carbonyl (C=O) groups excluding carboxylic acids is 2. The lowest BCUT2D eigenvalue weighted by atomic mass is 10.1. The van der Waals surface area contributed by atoms with E-state index in [0.717, 1.165) is 5.56 Å². The van der Waals surface area contributed by atoms with Crippen LogP contribution in [0.2, 0.25) is 0 Å². The van der Waals surface area contributed by atoms with Gasteiger partial charge in [0.2, 0.25) is 5.67 Å². The molecule has 8 heteroatoms. The number of amides is 2. The summed E-state index contributed by atoms with van der Waals surface area (Å²) < 4.78 is 25.5. The zero-order chi connectivity index (χ0) is 19.7. The molecule has 7 nitrogen and oxygen atoms in total. The Morgan fingerprint density at radius 3 is 2.67 bits per heavy atom. The van der Waals surface area contributed by atoms with Gasteiger partial charge in [0.15, 0.2) is 11.6 Å². The molecule has 1 atom stereocenters. The van der Waals surface area contributed by atoms with Gasteiger partial charge in [0, 0.05) is 24.6 Å². The number of ether oxygens (including phenoxy) is 1. The van der Waals surface area contributed by atoms with E-state index in [9.17, 15) is 9.59 Å². The highest BCUT2D eigenvalue weighted by Crippen LogP contribution is 2.29. The van der Waals surface area contributed by atoms with Crippen molar-refractivity contribution in [3.63, 3.8) is 0 Å². The van der Waals surface area contributed by atoms with Gasteiger partial charge in [-0.15, -0.1) is 0 Å². The van der Waals surface area contributed by atoms with E-state index < -0.39 is 23.3 Å². The summed E-state index contributed by atoms with van der Waals surface area (Å²) in [5.41, 5.74) is -2.10. The molecule has 1 aromatic heterocycles. The van der Waals surface area contributed by atoms with Gasteiger partial charge in [-0.25, -0.2) is 9.18 Å². The first-order chi connectivity index (χ1) is 12.7. The minimum atomic E-state index is -2.21. The van der Waals surface area contributed by atoms with Crippen molar-refractivity contribution in [1.82, 2.24) is 10.1 Å². The van der Waals surface area contributed by atoms with Crippen LogP contribution in [0.4, 0.5) is 15.0 Å². The number of nitrogens with one attached hydrogen (secondary N) is 1. The van der Waals surface area contributed by atoms with E-state index in [1.54, 1.807) is 20.8 Å². The van der Waals surface area contributed by atoms with Crippen LogP contribution < -0.4 is 5.32 Å². The number of halogens is 1. The van der Waals surface area contributed by atoms with Crippen LogP contribution in [0.1, 0.15) is 27.2 Å². The lowest BCUT2D eigenvalue weighted by Gasteiger charge is -2.25. The van der Waals surface area contributed by atoms with Crippen molar-refractivity contribution in [3.8, 4) is 11.3 Å². The smallest absolute Gasteiger partial charge is 0.410 e. The van der Waals surface area contributed by atoms with E-state index in [-0.39, 0.29) is 25.3 Å². The number of nitrogens with zero attached hydrogens (tertiary/aromatic N) is 2. The second kappa shape index (κ2) is 7.02. The van der Waals surface area contributed by atoms with Gasteiger partial charge < -0.3 is 19.5 Å². The average molecular weight is 375 g/mol. The number of anilines is 1.